The number of benzene rings is 1. The third kappa shape index (κ3) is 5.32. The molecule has 0 aromatic heterocycles. The highest BCUT2D eigenvalue weighted by atomic mass is 16.6. The lowest BCUT2D eigenvalue weighted by Crippen LogP contribution is -2.35. The molecule has 29 heavy (non-hydrogen) atoms. The van der Waals surface area contributed by atoms with Crippen molar-refractivity contribution in [2.24, 2.45) is 11.8 Å². The zero-order chi connectivity index (χ0) is 21.0. The van der Waals surface area contributed by atoms with Crippen LogP contribution in [0.1, 0.15) is 25.3 Å². The smallest absolute Gasteiger partial charge is 0.331 e. The molecule has 0 radical (unpaired) electrons. The molecule has 1 aromatic rings. The zero-order valence-corrected chi connectivity index (χ0v) is 16.3. The molecule has 3 rings (SSSR count). The van der Waals surface area contributed by atoms with Crippen molar-refractivity contribution in [3.05, 3.63) is 48.1 Å². The van der Waals surface area contributed by atoms with Gasteiger partial charge in [0.2, 0.25) is 0 Å². The van der Waals surface area contributed by atoms with Gasteiger partial charge in [-0.25, -0.2) is 9.59 Å². The minimum Gasteiger partial charge on any atom is -0.497 e. The molecular weight excluding hydrogens is 376 g/mol. The Bertz CT molecular complexity index is 824. The van der Waals surface area contributed by atoms with Gasteiger partial charge < -0.3 is 19.3 Å². The van der Waals surface area contributed by atoms with Gasteiger partial charge in [-0.15, -0.1) is 0 Å². The highest BCUT2D eigenvalue weighted by Gasteiger charge is 2.51. The summed E-state index contributed by atoms with van der Waals surface area (Å²) in [6.07, 6.45) is 4.27. The van der Waals surface area contributed by atoms with Crippen LogP contribution < -0.4 is 4.74 Å². The van der Waals surface area contributed by atoms with E-state index in [1.165, 1.54) is 19.1 Å². The summed E-state index contributed by atoms with van der Waals surface area (Å²) in [6, 6.07) is 7.13. The van der Waals surface area contributed by atoms with Gasteiger partial charge in [-0.1, -0.05) is 18.2 Å². The largest absolute Gasteiger partial charge is 0.497 e. The summed E-state index contributed by atoms with van der Waals surface area (Å²) in [6.45, 7) is 1.52. The molecule has 7 heteroatoms. The normalized spacial score (nSPS) is 25.2. The average molecular weight is 400 g/mol. The van der Waals surface area contributed by atoms with Crippen LogP contribution in [0.5, 0.6) is 5.75 Å². The first-order valence-corrected chi connectivity index (χ1v) is 9.50. The lowest BCUT2D eigenvalue weighted by atomic mass is 10.0. The van der Waals surface area contributed by atoms with E-state index >= 15 is 0 Å². The summed E-state index contributed by atoms with van der Waals surface area (Å²) in [5, 5.41) is 10.4. The number of esters is 2. The Balaban J connectivity index is 1.47. The Morgan fingerprint density at radius 2 is 2.00 bits per heavy atom. The summed E-state index contributed by atoms with van der Waals surface area (Å²) in [7, 11) is 1.57. The maximum atomic E-state index is 12.5. The Morgan fingerprint density at radius 1 is 1.28 bits per heavy atom. The van der Waals surface area contributed by atoms with Crippen LogP contribution in [0, 0.1) is 11.8 Å². The van der Waals surface area contributed by atoms with Crippen LogP contribution in [0.4, 0.5) is 0 Å². The Labute approximate surface area is 168 Å². The van der Waals surface area contributed by atoms with Crippen LogP contribution in [0.2, 0.25) is 0 Å². The number of ether oxygens (including phenoxy) is 3. The van der Waals surface area contributed by atoms with Crippen molar-refractivity contribution in [3.63, 3.8) is 0 Å². The monoisotopic (exact) mass is 400 g/mol. The fourth-order valence-corrected chi connectivity index (χ4v) is 3.39. The van der Waals surface area contributed by atoms with E-state index < -0.39 is 36.2 Å². The van der Waals surface area contributed by atoms with Gasteiger partial charge in [0.25, 0.3) is 0 Å². The molecule has 0 amide bonds. The highest BCUT2D eigenvalue weighted by molar-refractivity contribution is 5.93. The number of carbonyl (C=O) groups is 3. The van der Waals surface area contributed by atoms with Crippen molar-refractivity contribution >= 4 is 23.8 Å². The molecular formula is C22H24O7. The maximum absolute atomic E-state index is 12.5. The number of aliphatic hydroxyl groups excluding tert-OH is 1. The van der Waals surface area contributed by atoms with Gasteiger partial charge >= 0.3 is 11.9 Å². The predicted molar refractivity (Wildman–Crippen MR) is 104 cm³/mol. The number of methoxy groups -OCH3 is 1. The van der Waals surface area contributed by atoms with Crippen molar-refractivity contribution in [3.8, 4) is 5.75 Å². The van der Waals surface area contributed by atoms with Gasteiger partial charge in [0, 0.05) is 24.5 Å². The third-order valence-electron chi connectivity index (χ3n) is 5.14. The maximum Gasteiger partial charge on any atom is 0.331 e. The van der Waals surface area contributed by atoms with E-state index in [0.717, 1.165) is 5.56 Å². The molecule has 1 fully saturated rings. The number of hydrogen-bond donors (Lipinski definition) is 1. The minimum atomic E-state index is -0.918. The molecule has 1 N–H and O–H groups in total. The lowest BCUT2D eigenvalue weighted by Gasteiger charge is -2.24. The first kappa shape index (κ1) is 20.8. The molecule has 1 aliphatic heterocycles. The quantitative estimate of drug-likeness (QED) is 0.527. The SMILES string of the molecule is COc1ccc(/C=C\C(=O)OC(C)C(=O)[C@H]2C[C@@H]2[C@H](O)[C@H]2CC=CC(=O)O2)cc1. The fourth-order valence-electron chi connectivity index (χ4n) is 3.39. The topological polar surface area (TPSA) is 99.1 Å². The molecule has 1 saturated carbocycles. The van der Waals surface area contributed by atoms with Crippen LogP contribution in [-0.4, -0.2) is 48.3 Å². The molecule has 0 saturated heterocycles. The second-order valence-corrected chi connectivity index (χ2v) is 7.20. The number of Topliss-reactive ketones (excluding diaryl/α,β-unsaturated/α-hetero) is 1. The van der Waals surface area contributed by atoms with Crippen LogP contribution in [0.25, 0.3) is 6.08 Å². The first-order chi connectivity index (χ1) is 13.9. The standard InChI is InChI=1S/C22H24O7/c1-13(28-20(24)11-8-14-6-9-15(27-2)10-7-14)21(25)16-12-17(16)22(26)18-4-3-5-19(23)29-18/h3,5-11,13,16-18,22,26H,4,12H2,1-2H3/b11-8-/t13?,16-,17-,18+,22-/m0/s1. The van der Waals surface area contributed by atoms with E-state index in [2.05, 4.69) is 0 Å². The predicted octanol–water partition coefficient (Wildman–Crippen LogP) is 2.08. The second kappa shape index (κ2) is 9.05. The van der Waals surface area contributed by atoms with Gasteiger partial charge in [-0.2, -0.15) is 0 Å². The van der Waals surface area contributed by atoms with Crippen molar-refractivity contribution < 1.29 is 33.7 Å². The van der Waals surface area contributed by atoms with E-state index in [4.69, 9.17) is 14.2 Å². The molecule has 5 atom stereocenters. The Kier molecular flexibility index (Phi) is 6.49. The molecule has 1 heterocycles. The van der Waals surface area contributed by atoms with Gasteiger partial charge in [-0.3, -0.25) is 4.79 Å². The molecule has 154 valence electrons. The second-order valence-electron chi connectivity index (χ2n) is 7.20. The fraction of sp³-hybridized carbons (Fsp3) is 0.409. The summed E-state index contributed by atoms with van der Waals surface area (Å²) >= 11 is 0. The Morgan fingerprint density at radius 3 is 2.66 bits per heavy atom. The molecule has 0 bridgehead atoms. The summed E-state index contributed by atoms with van der Waals surface area (Å²) in [5.74, 6) is -1.33. The van der Waals surface area contributed by atoms with E-state index in [-0.39, 0.29) is 11.7 Å². The van der Waals surface area contributed by atoms with Crippen molar-refractivity contribution in [2.45, 2.75) is 38.1 Å². The summed E-state index contributed by atoms with van der Waals surface area (Å²) < 4.78 is 15.4. The van der Waals surface area contributed by atoms with Crippen LogP contribution in [0.3, 0.4) is 0 Å². The van der Waals surface area contributed by atoms with Crippen LogP contribution in [-0.2, 0) is 23.9 Å². The van der Waals surface area contributed by atoms with Gasteiger partial charge in [-0.05, 0) is 43.0 Å². The van der Waals surface area contributed by atoms with Crippen LogP contribution in [0.15, 0.2) is 42.5 Å². The van der Waals surface area contributed by atoms with E-state index in [1.807, 2.05) is 0 Å². The third-order valence-corrected chi connectivity index (χ3v) is 5.14. The zero-order valence-electron chi connectivity index (χ0n) is 16.3. The number of carbonyl (C=O) groups excluding carboxylic acids is 3. The van der Waals surface area contributed by atoms with Crippen molar-refractivity contribution in [1.29, 1.82) is 0 Å². The number of ketones is 1. The average Bonchev–Trinajstić information content (AvgIpc) is 3.52. The molecule has 0 spiro atoms. The van der Waals surface area contributed by atoms with Gasteiger partial charge in [0.1, 0.15) is 11.9 Å². The van der Waals surface area contributed by atoms with E-state index in [9.17, 15) is 19.5 Å². The number of hydrogen-bond acceptors (Lipinski definition) is 7. The number of aliphatic hydroxyl groups is 1. The molecule has 1 unspecified atom stereocenters. The molecule has 1 aromatic carbocycles. The lowest BCUT2D eigenvalue weighted by molar-refractivity contribution is -0.152. The minimum absolute atomic E-state index is 0.238. The van der Waals surface area contributed by atoms with Crippen LogP contribution >= 0.6 is 0 Å². The Hall–Kier alpha value is -2.93. The van der Waals surface area contributed by atoms with E-state index in [0.29, 0.717) is 18.6 Å². The molecule has 2 aliphatic rings. The van der Waals surface area contributed by atoms with Gasteiger partial charge in [0.15, 0.2) is 11.9 Å². The number of rotatable bonds is 8. The molecule has 7 nitrogen and oxygen atoms in total. The van der Waals surface area contributed by atoms with Crippen molar-refractivity contribution in [2.75, 3.05) is 7.11 Å². The highest BCUT2D eigenvalue weighted by Crippen LogP contribution is 2.44. The summed E-state index contributed by atoms with van der Waals surface area (Å²) in [4.78, 5) is 35.8. The van der Waals surface area contributed by atoms with Gasteiger partial charge in [0.05, 0.1) is 13.2 Å². The first-order valence-electron chi connectivity index (χ1n) is 9.50. The van der Waals surface area contributed by atoms with Crippen molar-refractivity contribution in [1.82, 2.24) is 0 Å². The van der Waals surface area contributed by atoms with E-state index in [1.54, 1.807) is 43.5 Å². The summed E-state index contributed by atoms with van der Waals surface area (Å²) in [5.41, 5.74) is 0.795. The number of cyclic esters (lactones) is 1. The molecule has 1 aliphatic carbocycles.